The summed E-state index contributed by atoms with van der Waals surface area (Å²) in [6, 6.07) is 7.20. The molecule has 21 heavy (non-hydrogen) atoms. The maximum absolute atomic E-state index is 12.1. The van der Waals surface area contributed by atoms with Crippen LogP contribution in [0.15, 0.2) is 35.2 Å². The lowest BCUT2D eigenvalue weighted by atomic mass is 10.2. The van der Waals surface area contributed by atoms with Gasteiger partial charge in [0.1, 0.15) is 6.10 Å². The molecule has 6 nitrogen and oxygen atoms in total. The maximum Gasteiger partial charge on any atom is 0.307 e. The van der Waals surface area contributed by atoms with Crippen LogP contribution in [0.3, 0.4) is 0 Å². The summed E-state index contributed by atoms with van der Waals surface area (Å²) in [5.41, 5.74) is 5.74. The van der Waals surface area contributed by atoms with E-state index < -0.39 is 21.8 Å². The lowest BCUT2D eigenvalue weighted by Crippen LogP contribution is -2.33. The summed E-state index contributed by atoms with van der Waals surface area (Å²) in [6.45, 7) is 1.97. The number of nitrogens with two attached hydrogens (primary N) is 1. The van der Waals surface area contributed by atoms with Gasteiger partial charge in [-0.15, -0.1) is 0 Å². The van der Waals surface area contributed by atoms with Gasteiger partial charge in [-0.05, 0) is 19.1 Å². The standard InChI is InChI=1S/C14H21NO5S/c1-11(9-19-2)20-14(16)8-12(15)10-21(17,18)13-6-4-3-5-7-13/h3-7,11-12H,8-10,15H2,1-2H3. The van der Waals surface area contributed by atoms with Crippen molar-refractivity contribution in [2.24, 2.45) is 5.73 Å². The molecular formula is C14H21NO5S. The van der Waals surface area contributed by atoms with Crippen molar-refractivity contribution in [3.8, 4) is 0 Å². The van der Waals surface area contributed by atoms with Gasteiger partial charge in [0.05, 0.1) is 23.7 Å². The predicted molar refractivity (Wildman–Crippen MR) is 78.5 cm³/mol. The highest BCUT2D eigenvalue weighted by molar-refractivity contribution is 7.91. The largest absolute Gasteiger partial charge is 0.460 e. The highest BCUT2D eigenvalue weighted by atomic mass is 32.2. The Morgan fingerprint density at radius 2 is 1.90 bits per heavy atom. The number of carbonyl (C=O) groups is 1. The van der Waals surface area contributed by atoms with Crippen LogP contribution in [0.25, 0.3) is 0 Å². The second kappa shape index (κ2) is 8.11. The van der Waals surface area contributed by atoms with E-state index in [1.165, 1.54) is 19.2 Å². The zero-order chi connectivity index (χ0) is 15.9. The molecule has 2 N–H and O–H groups in total. The van der Waals surface area contributed by atoms with Crippen molar-refractivity contribution in [2.75, 3.05) is 19.5 Å². The van der Waals surface area contributed by atoms with Crippen LogP contribution < -0.4 is 5.73 Å². The first-order valence-corrected chi connectivity index (χ1v) is 8.22. The van der Waals surface area contributed by atoms with Crippen molar-refractivity contribution < 1.29 is 22.7 Å². The van der Waals surface area contributed by atoms with Crippen molar-refractivity contribution in [1.29, 1.82) is 0 Å². The number of esters is 1. The van der Waals surface area contributed by atoms with Crippen LogP contribution in [0.1, 0.15) is 13.3 Å². The molecule has 1 rings (SSSR count). The molecule has 2 unspecified atom stereocenters. The third kappa shape index (κ3) is 6.24. The molecule has 0 aromatic heterocycles. The van der Waals surface area contributed by atoms with Gasteiger partial charge < -0.3 is 15.2 Å². The SMILES string of the molecule is COCC(C)OC(=O)CC(N)CS(=O)(=O)c1ccccc1. The molecule has 118 valence electrons. The van der Waals surface area contributed by atoms with Gasteiger partial charge in [0.15, 0.2) is 9.84 Å². The zero-order valence-electron chi connectivity index (χ0n) is 12.2. The summed E-state index contributed by atoms with van der Waals surface area (Å²) in [6.07, 6.45) is -0.541. The molecule has 2 atom stereocenters. The summed E-state index contributed by atoms with van der Waals surface area (Å²) >= 11 is 0. The first-order chi connectivity index (χ1) is 9.85. The second-order valence-electron chi connectivity index (χ2n) is 4.81. The van der Waals surface area contributed by atoms with E-state index in [9.17, 15) is 13.2 Å². The predicted octanol–water partition coefficient (Wildman–Crippen LogP) is 0.756. The Bertz CT molecular complexity index is 544. The van der Waals surface area contributed by atoms with Crippen LogP contribution in [0.5, 0.6) is 0 Å². The van der Waals surface area contributed by atoms with E-state index in [0.29, 0.717) is 0 Å². The number of carbonyl (C=O) groups excluding carboxylic acids is 1. The highest BCUT2D eigenvalue weighted by Gasteiger charge is 2.21. The number of hydrogen-bond acceptors (Lipinski definition) is 6. The van der Waals surface area contributed by atoms with Crippen LogP contribution in [0, 0.1) is 0 Å². The highest BCUT2D eigenvalue weighted by Crippen LogP contribution is 2.12. The Hall–Kier alpha value is -1.44. The molecule has 7 heteroatoms. The first kappa shape index (κ1) is 17.6. The molecule has 0 spiro atoms. The molecule has 0 heterocycles. The van der Waals surface area contributed by atoms with E-state index in [4.69, 9.17) is 15.2 Å². The molecule has 1 aromatic carbocycles. The minimum atomic E-state index is -3.50. The summed E-state index contributed by atoms with van der Waals surface area (Å²) in [5, 5.41) is 0. The smallest absolute Gasteiger partial charge is 0.307 e. The normalized spacial score (nSPS) is 14.4. The zero-order valence-corrected chi connectivity index (χ0v) is 13.0. The molecule has 0 aliphatic rings. The number of benzene rings is 1. The third-order valence-corrected chi connectivity index (χ3v) is 4.56. The summed E-state index contributed by atoms with van der Waals surface area (Å²) in [7, 11) is -2.00. The fourth-order valence-corrected chi connectivity index (χ4v) is 3.27. The monoisotopic (exact) mass is 315 g/mol. The fourth-order valence-electron chi connectivity index (χ4n) is 1.82. The van der Waals surface area contributed by atoms with Crippen LogP contribution in [0.2, 0.25) is 0 Å². The Morgan fingerprint density at radius 3 is 2.48 bits per heavy atom. The van der Waals surface area contributed by atoms with Gasteiger partial charge in [-0.2, -0.15) is 0 Å². The van der Waals surface area contributed by atoms with E-state index in [-0.39, 0.29) is 29.8 Å². The van der Waals surface area contributed by atoms with Crippen molar-refractivity contribution in [3.05, 3.63) is 30.3 Å². The number of methoxy groups -OCH3 is 1. The van der Waals surface area contributed by atoms with Crippen LogP contribution in [-0.2, 0) is 24.1 Å². The first-order valence-electron chi connectivity index (χ1n) is 6.57. The average Bonchev–Trinajstić information content (AvgIpc) is 2.38. The lowest BCUT2D eigenvalue weighted by Gasteiger charge is -2.15. The van der Waals surface area contributed by atoms with Gasteiger partial charge in [0.25, 0.3) is 0 Å². The van der Waals surface area contributed by atoms with Crippen molar-refractivity contribution in [3.63, 3.8) is 0 Å². The Morgan fingerprint density at radius 1 is 1.29 bits per heavy atom. The molecule has 0 radical (unpaired) electrons. The van der Waals surface area contributed by atoms with Crippen LogP contribution in [0.4, 0.5) is 0 Å². The Balaban J connectivity index is 2.53. The van der Waals surface area contributed by atoms with Gasteiger partial charge in [-0.3, -0.25) is 4.79 Å². The molecule has 0 saturated heterocycles. The lowest BCUT2D eigenvalue weighted by molar-refractivity contribution is -0.150. The van der Waals surface area contributed by atoms with Gasteiger partial charge >= 0.3 is 5.97 Å². The van der Waals surface area contributed by atoms with Crippen molar-refractivity contribution in [2.45, 2.75) is 30.4 Å². The maximum atomic E-state index is 12.1. The molecular weight excluding hydrogens is 294 g/mol. The van der Waals surface area contributed by atoms with E-state index in [1.54, 1.807) is 25.1 Å². The minimum absolute atomic E-state index is 0.153. The Labute approximate surface area is 125 Å². The van der Waals surface area contributed by atoms with Crippen molar-refractivity contribution >= 4 is 15.8 Å². The van der Waals surface area contributed by atoms with Crippen LogP contribution in [-0.4, -0.2) is 46.0 Å². The summed E-state index contributed by atoms with van der Waals surface area (Å²) < 4.78 is 34.1. The van der Waals surface area contributed by atoms with E-state index in [0.717, 1.165) is 0 Å². The van der Waals surface area contributed by atoms with E-state index in [1.807, 2.05) is 0 Å². The molecule has 0 fully saturated rings. The molecule has 0 bridgehead atoms. The molecule has 0 aliphatic heterocycles. The minimum Gasteiger partial charge on any atom is -0.460 e. The Kier molecular flexibility index (Phi) is 6.80. The molecule has 0 saturated carbocycles. The second-order valence-corrected chi connectivity index (χ2v) is 6.85. The van der Waals surface area contributed by atoms with Gasteiger partial charge in [-0.1, -0.05) is 18.2 Å². The average molecular weight is 315 g/mol. The number of ether oxygens (including phenoxy) is 2. The quantitative estimate of drug-likeness (QED) is 0.711. The van der Waals surface area contributed by atoms with E-state index in [2.05, 4.69) is 0 Å². The number of sulfone groups is 1. The number of hydrogen-bond donors (Lipinski definition) is 1. The molecule has 0 amide bonds. The summed E-state index contributed by atoms with van der Waals surface area (Å²) in [4.78, 5) is 11.8. The third-order valence-electron chi connectivity index (χ3n) is 2.70. The number of rotatable bonds is 8. The summed E-state index contributed by atoms with van der Waals surface area (Å²) in [5.74, 6) is -0.833. The van der Waals surface area contributed by atoms with Crippen molar-refractivity contribution in [1.82, 2.24) is 0 Å². The molecule has 1 aromatic rings. The molecule has 0 aliphatic carbocycles. The van der Waals surface area contributed by atoms with E-state index >= 15 is 0 Å². The van der Waals surface area contributed by atoms with Gasteiger partial charge in [0.2, 0.25) is 0 Å². The fraction of sp³-hybridized carbons (Fsp3) is 0.500. The topological polar surface area (TPSA) is 95.7 Å². The van der Waals surface area contributed by atoms with Crippen LogP contribution >= 0.6 is 0 Å². The van der Waals surface area contributed by atoms with Gasteiger partial charge in [0, 0.05) is 13.2 Å². The van der Waals surface area contributed by atoms with Gasteiger partial charge in [-0.25, -0.2) is 8.42 Å².